The average Bonchev–Trinajstić information content (AvgIpc) is 3.01. The standard InChI is InChI=1S/C24H24N2O3S/c1-30-21-14-8-7-13-20(21)26-22(27)15-29-24(28)23-16-9-3-2-4-11-18(16)25-19-12-6-5-10-17(19)23/h5-8,10,12-14H,2-4,9,11,15H2,1H3,(H,26,27). The van der Waals surface area contributed by atoms with Crippen molar-refractivity contribution in [2.24, 2.45) is 0 Å². The Hall–Kier alpha value is -2.86. The molecule has 4 rings (SSSR count). The summed E-state index contributed by atoms with van der Waals surface area (Å²) in [6, 6.07) is 15.2. The van der Waals surface area contributed by atoms with Gasteiger partial charge in [-0.25, -0.2) is 4.79 Å². The Morgan fingerprint density at radius 1 is 1.03 bits per heavy atom. The van der Waals surface area contributed by atoms with Gasteiger partial charge < -0.3 is 10.1 Å². The lowest BCUT2D eigenvalue weighted by Gasteiger charge is -2.15. The molecule has 154 valence electrons. The number of esters is 1. The smallest absolute Gasteiger partial charge is 0.339 e. The van der Waals surface area contributed by atoms with E-state index in [0.717, 1.165) is 59.2 Å². The van der Waals surface area contributed by atoms with Crippen LogP contribution in [0.4, 0.5) is 5.69 Å². The van der Waals surface area contributed by atoms with Gasteiger partial charge in [0.1, 0.15) is 0 Å². The first-order chi connectivity index (χ1) is 14.7. The highest BCUT2D eigenvalue weighted by atomic mass is 32.2. The number of thioether (sulfide) groups is 1. The summed E-state index contributed by atoms with van der Waals surface area (Å²) in [5, 5.41) is 3.62. The van der Waals surface area contributed by atoms with Gasteiger partial charge >= 0.3 is 5.97 Å². The van der Waals surface area contributed by atoms with Crippen molar-refractivity contribution in [3.8, 4) is 0 Å². The van der Waals surface area contributed by atoms with Gasteiger partial charge in [-0.3, -0.25) is 9.78 Å². The minimum atomic E-state index is -0.458. The van der Waals surface area contributed by atoms with Gasteiger partial charge in [0, 0.05) is 16.0 Å². The zero-order valence-corrected chi connectivity index (χ0v) is 17.8. The molecule has 1 aromatic heterocycles. The van der Waals surface area contributed by atoms with Crippen LogP contribution >= 0.6 is 11.8 Å². The number of fused-ring (bicyclic) bond motifs is 2. The summed E-state index contributed by atoms with van der Waals surface area (Å²) in [5.74, 6) is -0.811. The van der Waals surface area contributed by atoms with E-state index in [9.17, 15) is 9.59 Å². The van der Waals surface area contributed by atoms with E-state index in [-0.39, 0.29) is 12.5 Å². The van der Waals surface area contributed by atoms with E-state index in [0.29, 0.717) is 11.3 Å². The van der Waals surface area contributed by atoms with E-state index in [1.165, 1.54) is 0 Å². The first-order valence-electron chi connectivity index (χ1n) is 10.2. The van der Waals surface area contributed by atoms with Crippen molar-refractivity contribution in [2.45, 2.75) is 37.0 Å². The maximum atomic E-state index is 13.1. The molecule has 0 aliphatic heterocycles. The molecule has 0 fully saturated rings. The van der Waals surface area contributed by atoms with Crippen molar-refractivity contribution < 1.29 is 14.3 Å². The fraction of sp³-hybridized carbons (Fsp3) is 0.292. The Bertz CT molecular complexity index is 1100. The minimum Gasteiger partial charge on any atom is -0.452 e. The quantitative estimate of drug-likeness (QED) is 0.357. The molecule has 2 aromatic carbocycles. The number of aryl methyl sites for hydroxylation is 1. The monoisotopic (exact) mass is 420 g/mol. The molecule has 0 radical (unpaired) electrons. The molecule has 1 amide bonds. The van der Waals surface area contributed by atoms with Gasteiger partial charge in [0.15, 0.2) is 6.61 Å². The minimum absolute atomic E-state index is 0.326. The van der Waals surface area contributed by atoms with Gasteiger partial charge in [-0.15, -0.1) is 11.8 Å². The third kappa shape index (κ3) is 4.33. The van der Waals surface area contributed by atoms with E-state index in [1.807, 2.05) is 54.8 Å². The molecule has 3 aromatic rings. The molecule has 1 aliphatic carbocycles. The number of para-hydroxylation sites is 2. The highest BCUT2D eigenvalue weighted by Crippen LogP contribution is 2.29. The van der Waals surface area contributed by atoms with Crippen LogP contribution in [-0.4, -0.2) is 29.7 Å². The maximum Gasteiger partial charge on any atom is 0.339 e. The Morgan fingerprint density at radius 2 is 1.80 bits per heavy atom. The van der Waals surface area contributed by atoms with Crippen LogP contribution in [0.3, 0.4) is 0 Å². The van der Waals surface area contributed by atoms with Gasteiger partial charge in [-0.1, -0.05) is 36.8 Å². The van der Waals surface area contributed by atoms with Gasteiger partial charge in [0.05, 0.1) is 16.8 Å². The number of nitrogens with one attached hydrogen (secondary N) is 1. The number of amides is 1. The molecular weight excluding hydrogens is 396 g/mol. The summed E-state index contributed by atoms with van der Waals surface area (Å²) in [6.07, 6.45) is 6.85. The molecule has 0 saturated carbocycles. The highest BCUT2D eigenvalue weighted by molar-refractivity contribution is 7.98. The number of hydrogen-bond donors (Lipinski definition) is 1. The summed E-state index contributed by atoms with van der Waals surface area (Å²) >= 11 is 1.55. The zero-order valence-electron chi connectivity index (χ0n) is 16.9. The van der Waals surface area contributed by atoms with E-state index < -0.39 is 5.97 Å². The number of aromatic nitrogens is 1. The van der Waals surface area contributed by atoms with Crippen molar-refractivity contribution >= 4 is 40.2 Å². The SMILES string of the molecule is CSc1ccccc1NC(=O)COC(=O)c1c2c(nc3ccccc13)CCCCC2. The molecule has 6 heteroatoms. The third-order valence-electron chi connectivity index (χ3n) is 5.34. The molecule has 5 nitrogen and oxygen atoms in total. The molecule has 0 spiro atoms. The van der Waals surface area contributed by atoms with Gasteiger partial charge in [0.25, 0.3) is 5.91 Å². The van der Waals surface area contributed by atoms with Crippen LogP contribution in [0.25, 0.3) is 10.9 Å². The Labute approximate surface area is 180 Å². The summed E-state index contributed by atoms with van der Waals surface area (Å²) in [7, 11) is 0. The van der Waals surface area contributed by atoms with E-state index in [2.05, 4.69) is 5.32 Å². The van der Waals surface area contributed by atoms with Crippen LogP contribution in [0.1, 0.15) is 40.9 Å². The second-order valence-corrected chi connectivity index (χ2v) is 8.16. The molecule has 0 saturated heterocycles. The number of rotatable bonds is 5. The normalized spacial score (nSPS) is 13.4. The largest absolute Gasteiger partial charge is 0.452 e. The van der Waals surface area contributed by atoms with Gasteiger partial charge in [0.2, 0.25) is 0 Å². The predicted octanol–water partition coefficient (Wildman–Crippen LogP) is 5.02. The van der Waals surface area contributed by atoms with Crippen molar-refractivity contribution in [3.05, 3.63) is 65.4 Å². The summed E-state index contributed by atoms with van der Waals surface area (Å²) in [4.78, 5) is 31.3. The number of anilines is 1. The fourth-order valence-electron chi connectivity index (χ4n) is 3.92. The molecule has 1 aliphatic rings. The predicted molar refractivity (Wildman–Crippen MR) is 120 cm³/mol. The molecule has 30 heavy (non-hydrogen) atoms. The van der Waals surface area contributed by atoms with Crippen LogP contribution in [0.2, 0.25) is 0 Å². The molecule has 0 bridgehead atoms. The highest BCUT2D eigenvalue weighted by Gasteiger charge is 2.23. The van der Waals surface area contributed by atoms with E-state index in [1.54, 1.807) is 11.8 Å². The first kappa shape index (κ1) is 20.4. The van der Waals surface area contributed by atoms with E-state index in [4.69, 9.17) is 9.72 Å². The first-order valence-corrected chi connectivity index (χ1v) is 11.4. The summed E-state index contributed by atoms with van der Waals surface area (Å²) in [6.45, 7) is -0.326. The molecular formula is C24H24N2O3S. The van der Waals surface area contributed by atoms with Crippen molar-refractivity contribution in [1.29, 1.82) is 0 Å². The second kappa shape index (κ2) is 9.30. The van der Waals surface area contributed by atoms with Crippen LogP contribution < -0.4 is 5.32 Å². The zero-order chi connectivity index (χ0) is 20.9. The summed E-state index contributed by atoms with van der Waals surface area (Å²) in [5.41, 5.74) is 4.04. The lowest BCUT2D eigenvalue weighted by atomic mass is 9.97. The van der Waals surface area contributed by atoms with Crippen LogP contribution in [0.15, 0.2) is 53.4 Å². The van der Waals surface area contributed by atoms with Gasteiger partial charge in [-0.05, 0) is 55.7 Å². The second-order valence-electron chi connectivity index (χ2n) is 7.31. The fourth-order valence-corrected chi connectivity index (χ4v) is 4.47. The Kier molecular flexibility index (Phi) is 6.33. The number of benzene rings is 2. The number of hydrogen-bond acceptors (Lipinski definition) is 5. The average molecular weight is 421 g/mol. The number of pyridine rings is 1. The Morgan fingerprint density at radius 3 is 2.67 bits per heavy atom. The molecule has 1 heterocycles. The lowest BCUT2D eigenvalue weighted by molar-refractivity contribution is -0.119. The van der Waals surface area contributed by atoms with Crippen molar-refractivity contribution in [1.82, 2.24) is 4.98 Å². The number of carbonyl (C=O) groups is 2. The van der Waals surface area contributed by atoms with Crippen LogP contribution in [-0.2, 0) is 22.4 Å². The molecule has 1 N–H and O–H groups in total. The molecule has 0 atom stereocenters. The lowest BCUT2D eigenvalue weighted by Crippen LogP contribution is -2.22. The topological polar surface area (TPSA) is 68.3 Å². The van der Waals surface area contributed by atoms with Crippen molar-refractivity contribution in [3.63, 3.8) is 0 Å². The van der Waals surface area contributed by atoms with Gasteiger partial charge in [-0.2, -0.15) is 0 Å². The summed E-state index contributed by atoms with van der Waals surface area (Å²) < 4.78 is 5.47. The van der Waals surface area contributed by atoms with Crippen LogP contribution in [0, 0.1) is 0 Å². The van der Waals surface area contributed by atoms with Crippen LogP contribution in [0.5, 0.6) is 0 Å². The Balaban J connectivity index is 1.56. The van der Waals surface area contributed by atoms with E-state index >= 15 is 0 Å². The number of ether oxygens (including phenoxy) is 1. The maximum absolute atomic E-state index is 13.1. The number of nitrogens with zero attached hydrogens (tertiary/aromatic N) is 1. The molecule has 0 unspecified atom stereocenters. The number of carbonyl (C=O) groups excluding carboxylic acids is 2. The van der Waals surface area contributed by atoms with Crippen molar-refractivity contribution in [2.75, 3.05) is 18.2 Å². The third-order valence-corrected chi connectivity index (χ3v) is 6.13.